The summed E-state index contributed by atoms with van der Waals surface area (Å²) in [6.07, 6.45) is 1.11. The number of hydrogen-bond acceptors (Lipinski definition) is 9. The maximum absolute atomic E-state index is 14.8. The molecule has 2 aromatic heterocycles. The number of ether oxygens (including phenoxy) is 1. The second-order valence-electron chi connectivity index (χ2n) is 13.8. The second-order valence-corrected chi connectivity index (χ2v) is 15.4. The van der Waals surface area contributed by atoms with Crippen LogP contribution < -0.4 is 11.4 Å². The van der Waals surface area contributed by atoms with Gasteiger partial charge in [0.25, 0.3) is 10.1 Å². The molecule has 4 atom stereocenters. The van der Waals surface area contributed by atoms with Gasteiger partial charge in [-0.2, -0.15) is 18.6 Å². The van der Waals surface area contributed by atoms with Crippen molar-refractivity contribution in [2.75, 3.05) is 13.2 Å². The van der Waals surface area contributed by atoms with Crippen molar-refractivity contribution >= 4 is 10.1 Å². The smallest absolute Gasteiger partial charge is 0.345 e. The molecule has 290 valence electrons. The lowest BCUT2D eigenvalue weighted by atomic mass is 9.99. The highest BCUT2D eigenvalue weighted by atomic mass is 32.2. The normalized spacial score (nSPS) is 19.9. The van der Waals surface area contributed by atoms with Gasteiger partial charge in [-0.15, -0.1) is 0 Å². The van der Waals surface area contributed by atoms with Crippen LogP contribution >= 0.6 is 0 Å². The van der Waals surface area contributed by atoms with Gasteiger partial charge in [0.15, 0.2) is 0 Å². The first kappa shape index (κ1) is 40.1. The fourth-order valence-electron chi connectivity index (χ4n) is 6.78. The Morgan fingerprint density at radius 2 is 1.32 bits per heavy atom. The quantitative estimate of drug-likeness (QED) is 0.176. The molecule has 0 aliphatic carbocycles. The number of alkyl halides is 3. The van der Waals surface area contributed by atoms with E-state index in [9.17, 15) is 31.2 Å². The minimum atomic E-state index is -4.03. The van der Waals surface area contributed by atoms with Gasteiger partial charge in [0, 0.05) is 32.7 Å². The molecule has 2 fully saturated rings. The number of halogens is 3. The number of aromatic nitrogens is 6. The summed E-state index contributed by atoms with van der Waals surface area (Å²) in [5.41, 5.74) is 1.73. The van der Waals surface area contributed by atoms with Crippen LogP contribution in [0.3, 0.4) is 0 Å². The molecule has 2 aliphatic heterocycles. The van der Waals surface area contributed by atoms with E-state index in [1.807, 2.05) is 25.1 Å². The Bertz CT molecular complexity index is 2050. The Kier molecular flexibility index (Phi) is 13.2. The van der Waals surface area contributed by atoms with Crippen LogP contribution in [0.5, 0.6) is 0 Å². The largest absolute Gasteiger partial charge is 0.373 e. The number of aryl methyl sites for hydroxylation is 3. The maximum atomic E-state index is 14.8. The fourth-order valence-corrected chi connectivity index (χ4v) is 7.71. The molecule has 2 unspecified atom stereocenters. The third-order valence-electron chi connectivity index (χ3n) is 9.96. The van der Waals surface area contributed by atoms with Gasteiger partial charge < -0.3 is 4.74 Å². The number of nitrogens with zero attached hydrogens (tertiary/aromatic N) is 7. The third-order valence-corrected chi connectivity index (χ3v) is 11.3. The van der Waals surface area contributed by atoms with Gasteiger partial charge in [0.2, 0.25) is 0 Å². The van der Waals surface area contributed by atoms with Gasteiger partial charge in [-0.05, 0) is 69.7 Å². The topological polar surface area (TPSA) is 135 Å². The summed E-state index contributed by atoms with van der Waals surface area (Å²) in [5, 5.41) is 8.02. The fraction of sp³-hybridized carbons (Fsp3) is 0.556. The van der Waals surface area contributed by atoms with Gasteiger partial charge in [-0.1, -0.05) is 42.0 Å². The van der Waals surface area contributed by atoms with Crippen molar-refractivity contribution in [1.29, 1.82) is 0 Å². The first-order chi connectivity index (χ1) is 25.2. The molecular formula is C36H48F3N7O6S. The van der Waals surface area contributed by atoms with E-state index < -0.39 is 41.4 Å². The molecule has 53 heavy (non-hydrogen) atoms. The van der Waals surface area contributed by atoms with Crippen molar-refractivity contribution in [3.05, 3.63) is 97.8 Å². The zero-order chi connectivity index (χ0) is 38.4. The Labute approximate surface area is 307 Å². The highest BCUT2D eigenvalue weighted by molar-refractivity contribution is 7.86. The van der Waals surface area contributed by atoms with Crippen molar-refractivity contribution in [2.24, 2.45) is 14.1 Å². The minimum absolute atomic E-state index is 0.0175. The lowest BCUT2D eigenvalue weighted by Crippen LogP contribution is -2.48. The molecule has 0 saturated carbocycles. The molecule has 4 heterocycles. The van der Waals surface area contributed by atoms with E-state index in [4.69, 9.17) is 8.92 Å². The molecule has 2 aromatic carbocycles. The molecule has 17 heteroatoms. The molecule has 2 bridgehead atoms. The zero-order valence-electron chi connectivity index (χ0n) is 30.7. The summed E-state index contributed by atoms with van der Waals surface area (Å²) in [5.74, 6) is 1.02. The van der Waals surface area contributed by atoms with Gasteiger partial charge in [0.05, 0.1) is 37.3 Å². The number of hydrogen-bond donors (Lipinski definition) is 0. The summed E-state index contributed by atoms with van der Waals surface area (Å²) < 4.78 is 81.5. The third kappa shape index (κ3) is 9.93. The molecule has 2 aliphatic rings. The van der Waals surface area contributed by atoms with Crippen LogP contribution in [-0.2, 0) is 59.5 Å². The van der Waals surface area contributed by atoms with Crippen LogP contribution in [0.1, 0.15) is 54.0 Å². The van der Waals surface area contributed by atoms with Crippen LogP contribution in [0.2, 0.25) is 0 Å². The lowest BCUT2D eigenvalue weighted by molar-refractivity contribution is -0.0345. The van der Waals surface area contributed by atoms with Crippen LogP contribution in [0, 0.1) is 20.8 Å². The van der Waals surface area contributed by atoms with Crippen molar-refractivity contribution < 1.29 is 30.5 Å². The minimum Gasteiger partial charge on any atom is -0.373 e. The standard InChI is InChI=1S/C22H30F2N4O2.C14H18FN3O4S/c1-15-25-28(22(29)26(15)2)13-18(24)12-27-19-7-8-20(27)10-21(9-19)30-14-17-6-4-3-5-16(17)11-23;1-10-4-6-13(7-5-10)23(20,21)22-9-12(15)8-18-14(19)17(3)11(2)16-18/h3-6,18-21H,7-14H2,1-2H3;4-7,12H,8-9H2,1-3H3/t18-,19?,20?,21?;12-/m01/s1. The second kappa shape index (κ2) is 17.4. The zero-order valence-corrected chi connectivity index (χ0v) is 31.5. The average molecular weight is 764 g/mol. The maximum Gasteiger partial charge on any atom is 0.345 e. The average Bonchev–Trinajstić information content (AvgIpc) is 3.61. The van der Waals surface area contributed by atoms with Crippen molar-refractivity contribution in [3.8, 4) is 0 Å². The Hall–Kier alpha value is -4.06. The Balaban J connectivity index is 0.000000212. The highest BCUT2D eigenvalue weighted by Crippen LogP contribution is 2.37. The summed E-state index contributed by atoms with van der Waals surface area (Å²) >= 11 is 0. The van der Waals surface area contributed by atoms with E-state index in [2.05, 4.69) is 15.1 Å². The predicted octanol–water partition coefficient (Wildman–Crippen LogP) is 3.85. The van der Waals surface area contributed by atoms with E-state index in [1.54, 1.807) is 39.1 Å². The highest BCUT2D eigenvalue weighted by Gasteiger charge is 2.42. The van der Waals surface area contributed by atoms with Crippen molar-refractivity contribution in [1.82, 2.24) is 33.6 Å². The number of benzene rings is 2. The predicted molar refractivity (Wildman–Crippen MR) is 191 cm³/mol. The Morgan fingerprint density at radius 3 is 1.83 bits per heavy atom. The van der Waals surface area contributed by atoms with Gasteiger partial charge in [0.1, 0.15) is 30.7 Å². The van der Waals surface area contributed by atoms with Gasteiger partial charge in [-0.25, -0.2) is 32.1 Å². The van der Waals surface area contributed by atoms with Crippen molar-refractivity contribution in [2.45, 2.75) is 108 Å². The van der Waals surface area contributed by atoms with E-state index in [-0.39, 0.29) is 29.8 Å². The van der Waals surface area contributed by atoms with Crippen molar-refractivity contribution in [3.63, 3.8) is 0 Å². The summed E-state index contributed by atoms with van der Waals surface area (Å²) in [7, 11) is -0.866. The van der Waals surface area contributed by atoms with Gasteiger partial charge >= 0.3 is 11.4 Å². The summed E-state index contributed by atoms with van der Waals surface area (Å²) in [4.78, 5) is 26.0. The number of rotatable bonds is 14. The number of fused-ring (bicyclic) bond motifs is 2. The molecular weight excluding hydrogens is 716 g/mol. The SMILES string of the molecule is Cc1ccc(S(=O)(=O)OC[C@H](F)Cn2nc(C)n(C)c2=O)cc1.Cc1nn(C[C@@H](F)CN2C3CCC2CC(OCc2ccccc2CF)C3)c(=O)n1C. The van der Waals surface area contributed by atoms with E-state index in [0.29, 0.717) is 42.4 Å². The first-order valence-corrected chi connectivity index (χ1v) is 19.0. The Morgan fingerprint density at radius 1 is 0.792 bits per heavy atom. The molecule has 0 spiro atoms. The first-order valence-electron chi connectivity index (χ1n) is 17.6. The molecule has 2 saturated heterocycles. The summed E-state index contributed by atoms with van der Waals surface area (Å²) in [6, 6.07) is 14.1. The summed E-state index contributed by atoms with van der Waals surface area (Å²) in [6.45, 7) is 4.35. The van der Waals surface area contributed by atoms with Crippen LogP contribution in [0.25, 0.3) is 0 Å². The van der Waals surface area contributed by atoms with Crippen LogP contribution in [0.4, 0.5) is 13.2 Å². The van der Waals surface area contributed by atoms with Crippen LogP contribution in [-0.4, -0.2) is 85.7 Å². The molecule has 4 aromatic rings. The molecule has 0 radical (unpaired) electrons. The molecule has 0 amide bonds. The number of piperidine rings is 1. The molecule has 6 rings (SSSR count). The van der Waals surface area contributed by atoms with E-state index in [1.165, 1.54) is 33.0 Å². The van der Waals surface area contributed by atoms with E-state index in [0.717, 1.165) is 41.5 Å². The van der Waals surface area contributed by atoms with Gasteiger partial charge in [-0.3, -0.25) is 18.2 Å². The molecule has 13 nitrogen and oxygen atoms in total. The van der Waals surface area contributed by atoms with Crippen LogP contribution in [0.15, 0.2) is 63.0 Å². The van der Waals surface area contributed by atoms with E-state index >= 15 is 0 Å². The lowest BCUT2D eigenvalue weighted by Gasteiger charge is -2.39. The monoisotopic (exact) mass is 763 g/mol. The molecule has 0 N–H and O–H groups in total.